The lowest BCUT2D eigenvalue weighted by molar-refractivity contribution is 0.0528. The number of rotatable bonds is 7. The van der Waals surface area contributed by atoms with E-state index >= 15 is 0 Å². The highest BCUT2D eigenvalue weighted by molar-refractivity contribution is 7.80. The third-order valence-electron chi connectivity index (χ3n) is 4.35. The molecule has 4 nitrogen and oxygen atoms in total. The van der Waals surface area contributed by atoms with Gasteiger partial charge >= 0.3 is 5.97 Å². The van der Waals surface area contributed by atoms with Crippen LogP contribution in [0.4, 0.5) is 5.00 Å². The quantitative estimate of drug-likeness (QED) is 0.386. The summed E-state index contributed by atoms with van der Waals surface area (Å²) >= 11 is 6.91. The van der Waals surface area contributed by atoms with Gasteiger partial charge in [-0.05, 0) is 43.6 Å². The van der Waals surface area contributed by atoms with Crippen LogP contribution in [0.2, 0.25) is 0 Å². The molecule has 1 aromatic heterocycles. The number of thiophene rings is 1. The van der Waals surface area contributed by atoms with Crippen molar-refractivity contribution in [2.75, 3.05) is 11.9 Å². The van der Waals surface area contributed by atoms with Gasteiger partial charge < -0.3 is 15.4 Å². The van der Waals surface area contributed by atoms with E-state index in [2.05, 4.69) is 16.6 Å². The number of hydrogen-bond donors (Lipinski definition) is 2. The Kier molecular flexibility index (Phi) is 7.40. The summed E-state index contributed by atoms with van der Waals surface area (Å²) in [5.41, 5.74) is 0.984. The van der Waals surface area contributed by atoms with E-state index in [9.17, 15) is 4.79 Å². The minimum Gasteiger partial charge on any atom is -0.462 e. The van der Waals surface area contributed by atoms with Crippen molar-refractivity contribution in [2.24, 2.45) is 0 Å². The maximum absolute atomic E-state index is 12.4. The average Bonchev–Trinajstić information content (AvgIpc) is 3.11. The van der Waals surface area contributed by atoms with Gasteiger partial charge in [0.2, 0.25) is 0 Å². The van der Waals surface area contributed by atoms with Crippen LogP contribution in [0.15, 0.2) is 36.4 Å². The van der Waals surface area contributed by atoms with E-state index in [1.807, 2.05) is 50.2 Å². The molecule has 0 amide bonds. The summed E-state index contributed by atoms with van der Waals surface area (Å²) in [5.74, 6) is 2.41. The monoisotopic (exact) mass is 400 g/mol. The summed E-state index contributed by atoms with van der Waals surface area (Å²) in [6, 6.07) is 11.7. The highest BCUT2D eigenvalue weighted by Gasteiger charge is 2.25. The van der Waals surface area contributed by atoms with E-state index in [0.29, 0.717) is 22.3 Å². The molecule has 0 radical (unpaired) electrons. The van der Waals surface area contributed by atoms with Crippen LogP contribution in [-0.4, -0.2) is 23.2 Å². The summed E-state index contributed by atoms with van der Waals surface area (Å²) in [5, 5.41) is 7.39. The number of thiocarbonyl (C=S) groups is 1. The molecule has 0 unspecified atom stereocenters. The van der Waals surface area contributed by atoms with Gasteiger partial charge in [-0.15, -0.1) is 17.8 Å². The lowest BCUT2D eigenvalue weighted by atomic mass is 9.94. The Bertz CT molecular complexity index is 834. The van der Waals surface area contributed by atoms with Crippen LogP contribution in [0, 0.1) is 12.3 Å². The van der Waals surface area contributed by atoms with Gasteiger partial charge in [0.15, 0.2) is 5.11 Å². The summed E-state index contributed by atoms with van der Waals surface area (Å²) in [7, 11) is 0. The van der Waals surface area contributed by atoms with Crippen molar-refractivity contribution in [3.63, 3.8) is 0 Å². The summed E-state index contributed by atoms with van der Waals surface area (Å²) in [6.07, 6.45) is 7.18. The first-order chi connectivity index (χ1) is 13.0. The molecule has 2 rings (SSSR count). The fourth-order valence-corrected chi connectivity index (χ4v) is 4.03. The zero-order valence-electron chi connectivity index (χ0n) is 15.8. The van der Waals surface area contributed by atoms with Crippen molar-refractivity contribution in [3.8, 4) is 22.8 Å². The van der Waals surface area contributed by atoms with E-state index < -0.39 is 5.54 Å². The highest BCUT2D eigenvalue weighted by atomic mass is 32.1. The lowest BCUT2D eigenvalue weighted by Gasteiger charge is -2.28. The maximum atomic E-state index is 12.4. The second-order valence-corrected chi connectivity index (χ2v) is 7.41. The molecule has 0 fully saturated rings. The van der Waals surface area contributed by atoms with Crippen LogP contribution < -0.4 is 10.6 Å². The first kappa shape index (κ1) is 20.9. The van der Waals surface area contributed by atoms with Gasteiger partial charge in [0.05, 0.1) is 17.7 Å². The molecule has 1 heterocycles. The van der Waals surface area contributed by atoms with E-state index in [0.717, 1.165) is 23.3 Å². The highest BCUT2D eigenvalue weighted by Crippen LogP contribution is 2.36. The standard InChI is InChI=1S/C21H24N2O2S2/c1-5-21(6-2,7-3)23-20(26)22-18-16(19(24)25-8-4)14-17(27-18)15-12-10-9-11-13-15/h1,9-14H,6-8H2,2-4H3,(H2,22,23,26). The third kappa shape index (κ3) is 5.09. The molecule has 0 saturated heterocycles. The van der Waals surface area contributed by atoms with E-state index in [1.165, 1.54) is 11.3 Å². The minimum absolute atomic E-state index is 0.309. The Morgan fingerprint density at radius 3 is 2.48 bits per heavy atom. The summed E-state index contributed by atoms with van der Waals surface area (Å²) in [6.45, 7) is 6.12. The van der Waals surface area contributed by atoms with Gasteiger partial charge in [-0.25, -0.2) is 4.79 Å². The molecule has 0 atom stereocenters. The van der Waals surface area contributed by atoms with Crippen molar-refractivity contribution >= 4 is 39.6 Å². The van der Waals surface area contributed by atoms with Crippen LogP contribution in [-0.2, 0) is 4.74 Å². The first-order valence-corrected chi connectivity index (χ1v) is 10.1. The number of carbonyl (C=O) groups excluding carboxylic acids is 1. The van der Waals surface area contributed by atoms with Gasteiger partial charge in [-0.2, -0.15) is 0 Å². The number of carbonyl (C=O) groups is 1. The average molecular weight is 401 g/mol. The molecule has 0 spiro atoms. The lowest BCUT2D eigenvalue weighted by Crippen LogP contribution is -2.48. The smallest absolute Gasteiger partial charge is 0.341 e. The number of benzene rings is 1. The van der Waals surface area contributed by atoms with Gasteiger partial charge in [0, 0.05) is 4.88 Å². The second kappa shape index (κ2) is 9.54. The normalized spacial score (nSPS) is 10.7. The predicted molar refractivity (Wildman–Crippen MR) is 117 cm³/mol. The minimum atomic E-state index is -0.506. The Morgan fingerprint density at radius 2 is 1.93 bits per heavy atom. The van der Waals surface area contributed by atoms with Crippen molar-refractivity contribution in [1.29, 1.82) is 0 Å². The van der Waals surface area contributed by atoms with Crippen LogP contribution in [0.1, 0.15) is 44.0 Å². The van der Waals surface area contributed by atoms with Gasteiger partial charge in [-0.1, -0.05) is 50.1 Å². The molecular weight excluding hydrogens is 376 g/mol. The molecule has 0 aliphatic heterocycles. The Balaban J connectivity index is 2.31. The third-order valence-corrected chi connectivity index (χ3v) is 5.65. The molecule has 2 N–H and O–H groups in total. The van der Waals surface area contributed by atoms with Crippen molar-refractivity contribution in [2.45, 2.75) is 39.2 Å². The number of terminal acetylenes is 1. The molecule has 6 heteroatoms. The van der Waals surface area contributed by atoms with Gasteiger partial charge in [0.25, 0.3) is 0 Å². The van der Waals surface area contributed by atoms with Crippen LogP contribution in [0.3, 0.4) is 0 Å². The fraction of sp³-hybridized carbons (Fsp3) is 0.333. The zero-order valence-corrected chi connectivity index (χ0v) is 17.4. The number of anilines is 1. The van der Waals surface area contributed by atoms with Crippen LogP contribution >= 0.6 is 23.6 Å². The molecule has 0 aliphatic carbocycles. The predicted octanol–water partition coefficient (Wildman–Crippen LogP) is 5.07. The molecule has 0 aliphatic rings. The van der Waals surface area contributed by atoms with Gasteiger partial charge in [0.1, 0.15) is 5.00 Å². The molecule has 2 aromatic rings. The Morgan fingerprint density at radius 1 is 1.26 bits per heavy atom. The number of ether oxygens (including phenoxy) is 1. The van der Waals surface area contributed by atoms with Crippen molar-refractivity contribution in [1.82, 2.24) is 5.32 Å². The first-order valence-electron chi connectivity index (χ1n) is 8.91. The molecule has 0 bridgehead atoms. The summed E-state index contributed by atoms with van der Waals surface area (Å²) < 4.78 is 5.20. The van der Waals surface area contributed by atoms with E-state index in [-0.39, 0.29) is 5.97 Å². The molecule has 0 saturated carbocycles. The number of hydrogen-bond acceptors (Lipinski definition) is 4. The van der Waals surface area contributed by atoms with Crippen LogP contribution in [0.5, 0.6) is 0 Å². The summed E-state index contributed by atoms with van der Waals surface area (Å²) in [4.78, 5) is 13.4. The topological polar surface area (TPSA) is 50.4 Å². The Hall–Kier alpha value is -2.36. The Labute approximate surface area is 170 Å². The molecule has 1 aromatic carbocycles. The maximum Gasteiger partial charge on any atom is 0.341 e. The number of esters is 1. The largest absolute Gasteiger partial charge is 0.462 e. The fourth-order valence-electron chi connectivity index (χ4n) is 2.61. The van der Waals surface area contributed by atoms with Crippen molar-refractivity contribution < 1.29 is 9.53 Å². The van der Waals surface area contributed by atoms with Gasteiger partial charge in [-0.3, -0.25) is 0 Å². The second-order valence-electron chi connectivity index (χ2n) is 5.95. The molecule has 142 valence electrons. The molecule has 27 heavy (non-hydrogen) atoms. The van der Waals surface area contributed by atoms with E-state index in [4.69, 9.17) is 23.4 Å². The van der Waals surface area contributed by atoms with Crippen LogP contribution in [0.25, 0.3) is 10.4 Å². The zero-order chi connectivity index (χ0) is 19.9. The van der Waals surface area contributed by atoms with Crippen molar-refractivity contribution in [3.05, 3.63) is 42.0 Å². The number of nitrogens with one attached hydrogen (secondary N) is 2. The molecular formula is C21H24N2O2S2. The van der Waals surface area contributed by atoms with E-state index in [1.54, 1.807) is 6.92 Å². The SMILES string of the molecule is C#CC(CC)(CC)NC(=S)Nc1sc(-c2ccccc2)cc1C(=O)OCC.